The van der Waals surface area contributed by atoms with Crippen molar-refractivity contribution in [2.75, 3.05) is 0 Å². The molecule has 2 heteroatoms. The van der Waals surface area contributed by atoms with Gasteiger partial charge in [0.2, 0.25) is 0 Å². The summed E-state index contributed by atoms with van der Waals surface area (Å²) in [6, 6.07) is 10.4. The van der Waals surface area contributed by atoms with E-state index in [9.17, 15) is 4.79 Å². The zero-order valence-corrected chi connectivity index (χ0v) is 11.9. The molecule has 94 valence electrons. The molecule has 0 saturated heterocycles. The molecule has 18 heavy (non-hydrogen) atoms. The Bertz CT molecular complexity index is 534. The zero-order valence-electron chi connectivity index (χ0n) is 11.1. The fourth-order valence-corrected chi connectivity index (χ4v) is 2.81. The Morgan fingerprint density at radius 2 is 1.83 bits per heavy atom. The number of ketones is 1. The van der Waals surface area contributed by atoms with Gasteiger partial charge in [-0.3, -0.25) is 4.79 Å². The first kappa shape index (κ1) is 13.0. The Kier molecular flexibility index (Phi) is 3.97. The monoisotopic (exact) mass is 258 g/mol. The summed E-state index contributed by atoms with van der Waals surface area (Å²) in [4.78, 5) is 13.0. The van der Waals surface area contributed by atoms with Gasteiger partial charge in [0, 0.05) is 6.42 Å². The molecule has 0 bridgehead atoms. The van der Waals surface area contributed by atoms with E-state index < -0.39 is 0 Å². The quantitative estimate of drug-likeness (QED) is 0.732. The van der Waals surface area contributed by atoms with E-state index in [1.54, 1.807) is 0 Å². The molecule has 2 aromatic rings. The number of hydrogen-bond donors (Lipinski definition) is 0. The van der Waals surface area contributed by atoms with Crippen molar-refractivity contribution in [2.45, 2.75) is 33.1 Å². The molecule has 0 N–H and O–H groups in total. The van der Waals surface area contributed by atoms with Crippen LogP contribution in [0.3, 0.4) is 0 Å². The largest absolute Gasteiger partial charge is 0.293 e. The minimum atomic E-state index is 0.222. The maximum absolute atomic E-state index is 12.1. The van der Waals surface area contributed by atoms with Crippen molar-refractivity contribution >= 4 is 17.1 Å². The molecule has 0 unspecified atom stereocenters. The van der Waals surface area contributed by atoms with E-state index in [4.69, 9.17) is 0 Å². The molecule has 1 aromatic carbocycles. The topological polar surface area (TPSA) is 17.1 Å². The van der Waals surface area contributed by atoms with Crippen LogP contribution in [0.1, 0.15) is 46.1 Å². The predicted molar refractivity (Wildman–Crippen MR) is 77.6 cm³/mol. The number of thiophene rings is 1. The smallest absolute Gasteiger partial charge is 0.177 e. The fraction of sp³-hybridized carbons (Fsp3) is 0.312. The zero-order chi connectivity index (χ0) is 13.1. The summed E-state index contributed by atoms with van der Waals surface area (Å²) < 4.78 is 0. The lowest BCUT2D eigenvalue weighted by Crippen LogP contribution is -2.03. The number of Topliss-reactive ketones (excluding diaryl/α,β-unsaturated/α-hetero) is 1. The summed E-state index contributed by atoms with van der Waals surface area (Å²) in [5.74, 6) is 0.758. The van der Waals surface area contributed by atoms with Crippen LogP contribution < -0.4 is 0 Å². The Hall–Kier alpha value is -1.41. The molecule has 1 nitrogen and oxygen atoms in total. The number of carbonyl (C=O) groups excluding carboxylic acids is 1. The SMILES string of the molecule is Cc1ccsc1C(=O)Cc1ccc(C(C)C)cc1. The Balaban J connectivity index is 2.10. The maximum Gasteiger partial charge on any atom is 0.177 e. The molecule has 1 heterocycles. The van der Waals surface area contributed by atoms with Crippen LogP contribution >= 0.6 is 11.3 Å². The van der Waals surface area contributed by atoms with Crippen LogP contribution in [-0.4, -0.2) is 5.78 Å². The lowest BCUT2D eigenvalue weighted by Gasteiger charge is -2.06. The third kappa shape index (κ3) is 2.88. The molecule has 0 saturated carbocycles. The molecule has 0 fully saturated rings. The predicted octanol–water partition coefficient (Wildman–Crippen LogP) is 4.61. The summed E-state index contributed by atoms with van der Waals surface area (Å²) in [5.41, 5.74) is 3.50. The highest BCUT2D eigenvalue weighted by Crippen LogP contribution is 2.19. The summed E-state index contributed by atoms with van der Waals surface area (Å²) in [5, 5.41) is 1.98. The Labute approximate surface area is 112 Å². The molecule has 1 aromatic heterocycles. The van der Waals surface area contributed by atoms with Crippen LogP contribution in [0, 0.1) is 6.92 Å². The Morgan fingerprint density at radius 1 is 1.17 bits per heavy atom. The third-order valence-corrected chi connectivity index (χ3v) is 4.18. The number of rotatable bonds is 4. The van der Waals surface area contributed by atoms with E-state index in [1.807, 2.05) is 18.4 Å². The van der Waals surface area contributed by atoms with E-state index in [0.29, 0.717) is 12.3 Å². The first-order chi connectivity index (χ1) is 8.58. The van der Waals surface area contributed by atoms with Gasteiger partial charge >= 0.3 is 0 Å². The van der Waals surface area contributed by atoms with E-state index >= 15 is 0 Å². The van der Waals surface area contributed by atoms with Crippen molar-refractivity contribution in [3.05, 3.63) is 57.3 Å². The number of hydrogen-bond acceptors (Lipinski definition) is 2. The molecule has 0 amide bonds. The van der Waals surface area contributed by atoms with Crippen molar-refractivity contribution in [2.24, 2.45) is 0 Å². The van der Waals surface area contributed by atoms with Crippen LogP contribution in [0.5, 0.6) is 0 Å². The van der Waals surface area contributed by atoms with Gasteiger partial charge in [0.1, 0.15) is 0 Å². The number of aryl methyl sites for hydroxylation is 1. The lowest BCUT2D eigenvalue weighted by molar-refractivity contribution is 0.0996. The van der Waals surface area contributed by atoms with Crippen molar-refractivity contribution in [3.8, 4) is 0 Å². The molecule has 0 spiro atoms. The first-order valence-corrected chi connectivity index (χ1v) is 7.12. The van der Waals surface area contributed by atoms with Crippen LogP contribution in [0.2, 0.25) is 0 Å². The lowest BCUT2D eigenvalue weighted by atomic mass is 9.99. The van der Waals surface area contributed by atoms with Crippen LogP contribution in [0.15, 0.2) is 35.7 Å². The second-order valence-corrected chi connectivity index (χ2v) is 5.85. The van der Waals surface area contributed by atoms with Gasteiger partial charge in [0.25, 0.3) is 0 Å². The highest BCUT2D eigenvalue weighted by Gasteiger charge is 2.11. The highest BCUT2D eigenvalue weighted by atomic mass is 32.1. The van der Waals surface area contributed by atoms with Crippen molar-refractivity contribution < 1.29 is 4.79 Å². The van der Waals surface area contributed by atoms with Crippen LogP contribution in [0.25, 0.3) is 0 Å². The van der Waals surface area contributed by atoms with Gasteiger partial charge < -0.3 is 0 Å². The summed E-state index contributed by atoms with van der Waals surface area (Å²) in [6.07, 6.45) is 0.500. The molecular formula is C16H18OS. The normalized spacial score (nSPS) is 10.9. The summed E-state index contributed by atoms with van der Waals surface area (Å²) in [7, 11) is 0. The van der Waals surface area contributed by atoms with Gasteiger partial charge in [-0.15, -0.1) is 11.3 Å². The van der Waals surface area contributed by atoms with Gasteiger partial charge in [-0.05, 0) is 41.0 Å². The molecule has 0 aliphatic carbocycles. The maximum atomic E-state index is 12.1. The average molecular weight is 258 g/mol. The molecule has 0 aliphatic rings. The van der Waals surface area contributed by atoms with E-state index in [1.165, 1.54) is 16.9 Å². The summed E-state index contributed by atoms with van der Waals surface area (Å²) in [6.45, 7) is 6.34. The fourth-order valence-electron chi connectivity index (χ4n) is 1.94. The van der Waals surface area contributed by atoms with Gasteiger partial charge in [-0.1, -0.05) is 38.1 Å². The molecule has 0 aliphatic heterocycles. The number of benzene rings is 1. The number of carbonyl (C=O) groups is 1. The second-order valence-electron chi connectivity index (χ2n) is 4.93. The van der Waals surface area contributed by atoms with E-state index in [-0.39, 0.29) is 5.78 Å². The van der Waals surface area contributed by atoms with Crippen molar-refractivity contribution in [3.63, 3.8) is 0 Å². The van der Waals surface area contributed by atoms with Crippen LogP contribution in [0.4, 0.5) is 0 Å². The average Bonchev–Trinajstić information content (AvgIpc) is 2.76. The molecular weight excluding hydrogens is 240 g/mol. The molecule has 0 atom stereocenters. The third-order valence-electron chi connectivity index (χ3n) is 3.13. The van der Waals surface area contributed by atoms with Gasteiger partial charge in [0.15, 0.2) is 5.78 Å². The first-order valence-electron chi connectivity index (χ1n) is 6.24. The van der Waals surface area contributed by atoms with E-state index in [0.717, 1.165) is 16.0 Å². The van der Waals surface area contributed by atoms with Crippen LogP contribution in [-0.2, 0) is 6.42 Å². The Morgan fingerprint density at radius 3 is 2.33 bits per heavy atom. The van der Waals surface area contributed by atoms with Crippen molar-refractivity contribution in [1.82, 2.24) is 0 Å². The molecule has 2 rings (SSSR count). The standard InChI is InChI=1S/C16H18OS/c1-11(2)14-6-4-13(5-7-14)10-15(17)16-12(3)8-9-18-16/h4-9,11H,10H2,1-3H3. The van der Waals surface area contributed by atoms with Crippen molar-refractivity contribution in [1.29, 1.82) is 0 Å². The van der Waals surface area contributed by atoms with Gasteiger partial charge in [-0.25, -0.2) is 0 Å². The minimum absolute atomic E-state index is 0.222. The van der Waals surface area contributed by atoms with E-state index in [2.05, 4.69) is 38.1 Å². The second kappa shape index (κ2) is 5.49. The van der Waals surface area contributed by atoms with Gasteiger partial charge in [0.05, 0.1) is 4.88 Å². The summed E-state index contributed by atoms with van der Waals surface area (Å²) >= 11 is 1.54. The highest BCUT2D eigenvalue weighted by molar-refractivity contribution is 7.12. The minimum Gasteiger partial charge on any atom is -0.293 e. The van der Waals surface area contributed by atoms with Gasteiger partial charge in [-0.2, -0.15) is 0 Å². The molecule has 0 radical (unpaired) electrons.